The first-order chi connectivity index (χ1) is 13.6. The lowest BCUT2D eigenvalue weighted by Crippen LogP contribution is -2.54. The van der Waals surface area contributed by atoms with Gasteiger partial charge in [-0.2, -0.15) is 0 Å². The Bertz CT molecular complexity index is 527. The smallest absolute Gasteiger partial charge is 0.231 e. The monoisotopic (exact) mass is 522 g/mol. The molecule has 0 aromatic rings. The van der Waals surface area contributed by atoms with Crippen molar-refractivity contribution < 1.29 is 9.53 Å². The molecule has 4 N–H and O–H groups in total. The van der Waals surface area contributed by atoms with E-state index < -0.39 is 0 Å². The minimum atomic E-state index is -0.245. The van der Waals surface area contributed by atoms with Gasteiger partial charge in [0.1, 0.15) is 0 Å². The number of hydrogen-bond donors (Lipinski definition) is 3. The number of likely N-dealkylation sites (tertiary alicyclic amines) is 2. The van der Waals surface area contributed by atoms with Gasteiger partial charge in [-0.15, -0.1) is 24.0 Å². The highest BCUT2D eigenvalue weighted by atomic mass is 127. The summed E-state index contributed by atoms with van der Waals surface area (Å²) in [6.07, 6.45) is 6.75. The van der Waals surface area contributed by atoms with Gasteiger partial charge in [-0.3, -0.25) is 19.6 Å². The van der Waals surface area contributed by atoms with E-state index in [1.165, 1.54) is 25.9 Å². The molecule has 0 atom stereocenters. The van der Waals surface area contributed by atoms with Crippen molar-refractivity contribution in [1.82, 2.24) is 20.4 Å². The molecule has 0 aromatic carbocycles. The number of amides is 1. The number of ether oxygens (including phenoxy) is 1. The van der Waals surface area contributed by atoms with Gasteiger partial charge in [0.25, 0.3) is 0 Å². The van der Waals surface area contributed by atoms with Crippen LogP contribution in [0.2, 0.25) is 0 Å². The molecule has 0 unspecified atom stereocenters. The summed E-state index contributed by atoms with van der Waals surface area (Å²) in [4.78, 5) is 20.9. The van der Waals surface area contributed by atoms with Crippen molar-refractivity contribution in [3.63, 3.8) is 0 Å². The Hall–Kier alpha value is -0.650. The molecule has 8 nitrogen and oxygen atoms in total. The van der Waals surface area contributed by atoms with Crippen LogP contribution in [0.15, 0.2) is 4.99 Å². The number of halogens is 1. The SMILES string of the molecule is CCNC(=NCC1(N2CCCC2)CCOCC1)NC1CCN(CC(N)=O)CC1.I. The largest absolute Gasteiger partial charge is 0.381 e. The van der Waals surface area contributed by atoms with Crippen LogP contribution in [-0.2, 0) is 9.53 Å². The molecule has 0 aromatic heterocycles. The van der Waals surface area contributed by atoms with E-state index in [-0.39, 0.29) is 35.4 Å². The molecule has 0 saturated carbocycles. The van der Waals surface area contributed by atoms with E-state index in [1.807, 2.05) is 0 Å². The molecule has 9 heteroatoms. The molecular weight excluding hydrogens is 483 g/mol. The van der Waals surface area contributed by atoms with Crippen molar-refractivity contribution in [2.24, 2.45) is 10.7 Å². The fraction of sp³-hybridized carbons (Fsp3) is 0.900. The Morgan fingerprint density at radius 2 is 1.83 bits per heavy atom. The van der Waals surface area contributed by atoms with Crippen LogP contribution >= 0.6 is 24.0 Å². The molecule has 0 bridgehead atoms. The Balaban J connectivity index is 0.00000300. The van der Waals surface area contributed by atoms with E-state index in [0.717, 1.165) is 71.0 Å². The van der Waals surface area contributed by atoms with E-state index in [0.29, 0.717) is 12.6 Å². The highest BCUT2D eigenvalue weighted by Crippen LogP contribution is 2.31. The summed E-state index contributed by atoms with van der Waals surface area (Å²) < 4.78 is 5.65. The zero-order valence-electron chi connectivity index (χ0n) is 17.8. The maximum atomic E-state index is 11.1. The third-order valence-electron chi connectivity index (χ3n) is 6.38. The summed E-state index contributed by atoms with van der Waals surface area (Å²) in [6.45, 7) is 10.0. The molecule has 3 rings (SSSR count). The number of aliphatic imine (C=N–C) groups is 1. The number of nitrogens with zero attached hydrogens (tertiary/aromatic N) is 3. The number of rotatable bonds is 7. The minimum Gasteiger partial charge on any atom is -0.381 e. The molecule has 0 spiro atoms. The zero-order chi connectivity index (χ0) is 19.8. The maximum absolute atomic E-state index is 11.1. The van der Waals surface area contributed by atoms with Crippen molar-refractivity contribution in [1.29, 1.82) is 0 Å². The van der Waals surface area contributed by atoms with Crippen molar-refractivity contribution in [2.75, 3.05) is 59.0 Å². The number of carbonyl (C=O) groups is 1. The van der Waals surface area contributed by atoms with Gasteiger partial charge in [0.15, 0.2) is 5.96 Å². The van der Waals surface area contributed by atoms with Crippen molar-refractivity contribution in [2.45, 2.75) is 57.0 Å². The lowest BCUT2D eigenvalue weighted by Gasteiger charge is -2.43. The number of guanidine groups is 1. The number of nitrogens with two attached hydrogens (primary N) is 1. The van der Waals surface area contributed by atoms with Crippen LogP contribution in [0.3, 0.4) is 0 Å². The first-order valence-corrected chi connectivity index (χ1v) is 11.0. The molecule has 168 valence electrons. The highest BCUT2D eigenvalue weighted by molar-refractivity contribution is 14.0. The molecule has 0 aliphatic carbocycles. The normalized spacial score (nSPS) is 24.1. The number of piperidine rings is 1. The first kappa shape index (κ1) is 24.6. The summed E-state index contributed by atoms with van der Waals surface area (Å²) in [6, 6.07) is 0.388. The van der Waals surface area contributed by atoms with Gasteiger partial charge in [0.2, 0.25) is 5.91 Å². The van der Waals surface area contributed by atoms with Gasteiger partial charge in [-0.25, -0.2) is 0 Å². The summed E-state index contributed by atoms with van der Waals surface area (Å²) in [5.74, 6) is 0.672. The van der Waals surface area contributed by atoms with Gasteiger partial charge in [0, 0.05) is 44.4 Å². The minimum absolute atomic E-state index is 0. The second-order valence-electron chi connectivity index (χ2n) is 8.39. The Morgan fingerprint density at radius 3 is 2.41 bits per heavy atom. The molecule has 3 aliphatic rings. The highest BCUT2D eigenvalue weighted by Gasteiger charge is 2.39. The zero-order valence-corrected chi connectivity index (χ0v) is 20.2. The second kappa shape index (κ2) is 12.3. The quantitative estimate of drug-likeness (QED) is 0.260. The lowest BCUT2D eigenvalue weighted by molar-refractivity contribution is -0.119. The van der Waals surface area contributed by atoms with Crippen LogP contribution in [0, 0.1) is 0 Å². The molecule has 0 radical (unpaired) electrons. The van der Waals surface area contributed by atoms with Crippen molar-refractivity contribution in [3.8, 4) is 0 Å². The second-order valence-corrected chi connectivity index (χ2v) is 8.39. The summed E-state index contributed by atoms with van der Waals surface area (Å²) in [5, 5.41) is 7.05. The van der Waals surface area contributed by atoms with Gasteiger partial charge in [-0.05, 0) is 58.5 Å². The van der Waals surface area contributed by atoms with Crippen LogP contribution in [0.1, 0.15) is 45.4 Å². The van der Waals surface area contributed by atoms with Crippen LogP contribution in [0.4, 0.5) is 0 Å². The van der Waals surface area contributed by atoms with Gasteiger partial charge >= 0.3 is 0 Å². The number of nitrogens with one attached hydrogen (secondary N) is 2. The summed E-state index contributed by atoms with van der Waals surface area (Å²) >= 11 is 0. The van der Waals surface area contributed by atoms with E-state index in [2.05, 4.69) is 27.4 Å². The molecule has 3 fully saturated rings. The predicted octanol–water partition coefficient (Wildman–Crippen LogP) is 0.754. The van der Waals surface area contributed by atoms with Gasteiger partial charge < -0.3 is 21.1 Å². The van der Waals surface area contributed by atoms with Crippen molar-refractivity contribution >= 4 is 35.8 Å². The maximum Gasteiger partial charge on any atom is 0.231 e. The molecule has 3 heterocycles. The van der Waals surface area contributed by atoms with Crippen molar-refractivity contribution in [3.05, 3.63) is 0 Å². The number of primary amides is 1. The summed E-state index contributed by atoms with van der Waals surface area (Å²) in [7, 11) is 0. The van der Waals surface area contributed by atoms with Gasteiger partial charge in [0.05, 0.1) is 13.1 Å². The summed E-state index contributed by atoms with van der Waals surface area (Å²) in [5.41, 5.74) is 5.47. The Kier molecular flexibility index (Phi) is 10.4. The van der Waals surface area contributed by atoms with E-state index in [4.69, 9.17) is 15.5 Å². The molecule has 3 aliphatic heterocycles. The van der Waals surface area contributed by atoms with Crippen LogP contribution in [-0.4, -0.2) is 92.3 Å². The van der Waals surface area contributed by atoms with E-state index >= 15 is 0 Å². The van der Waals surface area contributed by atoms with Crippen LogP contribution in [0.25, 0.3) is 0 Å². The first-order valence-electron chi connectivity index (χ1n) is 11.0. The van der Waals surface area contributed by atoms with E-state index in [9.17, 15) is 4.79 Å². The van der Waals surface area contributed by atoms with Crippen LogP contribution < -0.4 is 16.4 Å². The fourth-order valence-electron chi connectivity index (χ4n) is 4.71. The lowest BCUT2D eigenvalue weighted by atomic mass is 9.88. The van der Waals surface area contributed by atoms with Gasteiger partial charge in [-0.1, -0.05) is 0 Å². The average Bonchev–Trinajstić information content (AvgIpc) is 3.24. The predicted molar refractivity (Wildman–Crippen MR) is 127 cm³/mol. The van der Waals surface area contributed by atoms with E-state index in [1.54, 1.807) is 0 Å². The number of hydrogen-bond acceptors (Lipinski definition) is 5. The fourth-order valence-corrected chi connectivity index (χ4v) is 4.71. The standard InChI is InChI=1S/C20H38N6O2.HI/c1-2-22-19(24-17-5-11-25(12-6-17)15-18(21)27)23-16-20(7-13-28-14-8-20)26-9-3-4-10-26;/h17H,2-16H2,1H3,(H2,21,27)(H2,22,23,24);1H. The molecule has 1 amide bonds. The Labute approximate surface area is 192 Å². The molecule has 3 saturated heterocycles. The molecule has 29 heavy (non-hydrogen) atoms. The Morgan fingerprint density at radius 1 is 1.17 bits per heavy atom. The molecular formula is C20H39IN6O2. The average molecular weight is 522 g/mol. The third-order valence-corrected chi connectivity index (χ3v) is 6.38. The number of carbonyl (C=O) groups excluding carboxylic acids is 1. The topological polar surface area (TPSA) is 95.2 Å². The van der Waals surface area contributed by atoms with Crippen LogP contribution in [0.5, 0.6) is 0 Å². The third kappa shape index (κ3) is 7.22.